The van der Waals surface area contributed by atoms with E-state index in [9.17, 15) is 10.1 Å². The van der Waals surface area contributed by atoms with Crippen LogP contribution in [0.4, 0.5) is 11.4 Å². The van der Waals surface area contributed by atoms with Gasteiger partial charge in [-0.15, -0.1) is 0 Å². The lowest BCUT2D eigenvalue weighted by Gasteiger charge is -2.35. The third-order valence-corrected chi connectivity index (χ3v) is 4.18. The van der Waals surface area contributed by atoms with Gasteiger partial charge in [0.15, 0.2) is 0 Å². The standard InChI is InChI=1S/C16H25N3O2/c1-12(2)18(11-14-7-5-9-17-10-14)16-13(3)6-4-8-15(16)19(20)21/h4,6,8,12,14,17H,5,7,9-11H2,1-3H3. The summed E-state index contributed by atoms with van der Waals surface area (Å²) in [7, 11) is 0. The Kier molecular flexibility index (Phi) is 5.17. The molecule has 0 radical (unpaired) electrons. The van der Waals surface area contributed by atoms with Crippen LogP contribution >= 0.6 is 0 Å². The van der Waals surface area contributed by atoms with E-state index in [-0.39, 0.29) is 16.7 Å². The maximum absolute atomic E-state index is 11.4. The second-order valence-corrected chi connectivity index (χ2v) is 6.16. The van der Waals surface area contributed by atoms with E-state index in [1.807, 2.05) is 13.0 Å². The summed E-state index contributed by atoms with van der Waals surface area (Å²) in [6, 6.07) is 5.57. The van der Waals surface area contributed by atoms with Gasteiger partial charge in [-0.05, 0) is 58.2 Å². The van der Waals surface area contributed by atoms with Gasteiger partial charge in [-0.3, -0.25) is 10.1 Å². The summed E-state index contributed by atoms with van der Waals surface area (Å²) in [6.45, 7) is 9.12. The van der Waals surface area contributed by atoms with Gasteiger partial charge >= 0.3 is 0 Å². The molecule has 0 spiro atoms. The predicted molar refractivity (Wildman–Crippen MR) is 85.9 cm³/mol. The Labute approximate surface area is 126 Å². The molecule has 0 aliphatic carbocycles. The van der Waals surface area contributed by atoms with Gasteiger partial charge in [-0.25, -0.2) is 0 Å². The van der Waals surface area contributed by atoms with Crippen LogP contribution in [0.15, 0.2) is 18.2 Å². The van der Waals surface area contributed by atoms with E-state index >= 15 is 0 Å². The van der Waals surface area contributed by atoms with E-state index in [1.54, 1.807) is 12.1 Å². The lowest BCUT2D eigenvalue weighted by Crippen LogP contribution is -2.41. The summed E-state index contributed by atoms with van der Waals surface area (Å²) in [4.78, 5) is 13.3. The van der Waals surface area contributed by atoms with Crippen LogP contribution in [0.5, 0.6) is 0 Å². The Morgan fingerprint density at radius 1 is 1.48 bits per heavy atom. The Hall–Kier alpha value is -1.62. The molecule has 1 saturated heterocycles. The normalized spacial score (nSPS) is 18.8. The van der Waals surface area contributed by atoms with Crippen molar-refractivity contribution in [3.8, 4) is 0 Å². The molecule has 0 bridgehead atoms. The van der Waals surface area contributed by atoms with Crippen LogP contribution in [0.2, 0.25) is 0 Å². The van der Waals surface area contributed by atoms with Gasteiger partial charge in [0.1, 0.15) is 5.69 Å². The highest BCUT2D eigenvalue weighted by Crippen LogP contribution is 2.34. The van der Waals surface area contributed by atoms with Crippen molar-refractivity contribution in [1.29, 1.82) is 0 Å². The fourth-order valence-corrected chi connectivity index (χ4v) is 3.08. The molecule has 116 valence electrons. The number of nitro benzene ring substituents is 1. The van der Waals surface area contributed by atoms with E-state index in [2.05, 4.69) is 24.1 Å². The van der Waals surface area contributed by atoms with E-state index in [0.717, 1.165) is 30.9 Å². The second-order valence-electron chi connectivity index (χ2n) is 6.16. The second kappa shape index (κ2) is 6.89. The molecule has 1 atom stereocenters. The van der Waals surface area contributed by atoms with Crippen molar-refractivity contribution in [2.45, 2.75) is 39.7 Å². The average Bonchev–Trinajstić information content (AvgIpc) is 2.45. The number of piperidine rings is 1. The molecule has 21 heavy (non-hydrogen) atoms. The molecule has 1 aliphatic heterocycles. The fraction of sp³-hybridized carbons (Fsp3) is 0.625. The number of nitro groups is 1. The molecule has 0 saturated carbocycles. The molecule has 1 N–H and O–H groups in total. The molecule has 1 fully saturated rings. The lowest BCUT2D eigenvalue weighted by atomic mass is 9.97. The molecule has 0 aromatic heterocycles. The van der Waals surface area contributed by atoms with Crippen LogP contribution in [0.1, 0.15) is 32.3 Å². The summed E-state index contributed by atoms with van der Waals surface area (Å²) in [5, 5.41) is 14.8. The van der Waals surface area contributed by atoms with Crippen molar-refractivity contribution >= 4 is 11.4 Å². The third-order valence-electron chi connectivity index (χ3n) is 4.18. The van der Waals surface area contributed by atoms with E-state index < -0.39 is 0 Å². The summed E-state index contributed by atoms with van der Waals surface area (Å²) < 4.78 is 0. The first-order valence-corrected chi connectivity index (χ1v) is 7.72. The van der Waals surface area contributed by atoms with Crippen molar-refractivity contribution < 1.29 is 4.92 Å². The molecule has 5 heteroatoms. The molecular weight excluding hydrogens is 266 g/mol. The predicted octanol–water partition coefficient (Wildman–Crippen LogP) is 3.12. The smallest absolute Gasteiger partial charge is 0.292 e. The molecule has 1 aromatic rings. The van der Waals surface area contributed by atoms with Crippen LogP contribution in [0, 0.1) is 23.0 Å². The topological polar surface area (TPSA) is 58.4 Å². The Bertz CT molecular complexity index is 496. The van der Waals surface area contributed by atoms with Gasteiger partial charge in [-0.1, -0.05) is 12.1 Å². The highest BCUT2D eigenvalue weighted by atomic mass is 16.6. The number of nitrogens with zero attached hydrogens (tertiary/aromatic N) is 2. The number of hydrogen-bond donors (Lipinski definition) is 1. The minimum atomic E-state index is -0.267. The van der Waals surface area contributed by atoms with Crippen LogP contribution in [-0.4, -0.2) is 30.6 Å². The SMILES string of the molecule is Cc1cccc([N+](=O)[O-])c1N(CC1CCCNC1)C(C)C. The molecule has 1 unspecified atom stereocenters. The Morgan fingerprint density at radius 2 is 2.24 bits per heavy atom. The number of benzene rings is 1. The summed E-state index contributed by atoms with van der Waals surface area (Å²) in [5.74, 6) is 0.556. The van der Waals surface area contributed by atoms with Gasteiger partial charge in [0.05, 0.1) is 4.92 Å². The molecule has 5 nitrogen and oxygen atoms in total. The number of hydrogen-bond acceptors (Lipinski definition) is 4. The fourth-order valence-electron chi connectivity index (χ4n) is 3.08. The maximum Gasteiger partial charge on any atom is 0.292 e. The van der Waals surface area contributed by atoms with E-state index in [0.29, 0.717) is 5.92 Å². The van der Waals surface area contributed by atoms with Gasteiger partial charge < -0.3 is 10.2 Å². The average molecular weight is 291 g/mol. The minimum Gasteiger partial charge on any atom is -0.363 e. The number of anilines is 1. The molecular formula is C16H25N3O2. The van der Waals surface area contributed by atoms with Crippen LogP contribution in [0.3, 0.4) is 0 Å². The van der Waals surface area contributed by atoms with Crippen LogP contribution in [-0.2, 0) is 0 Å². The first kappa shape index (κ1) is 15.8. The quantitative estimate of drug-likeness (QED) is 0.669. The van der Waals surface area contributed by atoms with Gasteiger partial charge in [0, 0.05) is 18.7 Å². The van der Waals surface area contributed by atoms with Crippen molar-refractivity contribution in [2.75, 3.05) is 24.5 Å². The summed E-state index contributed by atoms with van der Waals surface area (Å²) in [5.41, 5.74) is 1.97. The number of para-hydroxylation sites is 1. The zero-order chi connectivity index (χ0) is 15.4. The monoisotopic (exact) mass is 291 g/mol. The van der Waals surface area contributed by atoms with Crippen molar-refractivity contribution in [3.05, 3.63) is 33.9 Å². The van der Waals surface area contributed by atoms with Gasteiger partial charge in [0.2, 0.25) is 0 Å². The number of nitrogens with one attached hydrogen (secondary N) is 1. The zero-order valence-corrected chi connectivity index (χ0v) is 13.1. The van der Waals surface area contributed by atoms with Crippen molar-refractivity contribution in [1.82, 2.24) is 5.32 Å². The molecule has 1 heterocycles. The lowest BCUT2D eigenvalue weighted by molar-refractivity contribution is -0.384. The first-order chi connectivity index (χ1) is 10.0. The highest BCUT2D eigenvalue weighted by Gasteiger charge is 2.26. The molecule has 2 rings (SSSR count). The summed E-state index contributed by atoms with van der Waals surface area (Å²) in [6.07, 6.45) is 2.38. The molecule has 1 aliphatic rings. The third kappa shape index (κ3) is 3.73. The number of rotatable bonds is 5. The maximum atomic E-state index is 11.4. The minimum absolute atomic E-state index is 0.215. The highest BCUT2D eigenvalue weighted by molar-refractivity contribution is 5.68. The first-order valence-electron chi connectivity index (χ1n) is 7.72. The van der Waals surface area contributed by atoms with Crippen molar-refractivity contribution in [3.63, 3.8) is 0 Å². The number of aryl methyl sites for hydroxylation is 1. The zero-order valence-electron chi connectivity index (χ0n) is 13.1. The largest absolute Gasteiger partial charge is 0.363 e. The van der Waals surface area contributed by atoms with Crippen LogP contribution in [0.25, 0.3) is 0 Å². The van der Waals surface area contributed by atoms with E-state index in [1.165, 1.54) is 12.8 Å². The van der Waals surface area contributed by atoms with Gasteiger partial charge in [-0.2, -0.15) is 0 Å². The summed E-state index contributed by atoms with van der Waals surface area (Å²) >= 11 is 0. The van der Waals surface area contributed by atoms with E-state index in [4.69, 9.17) is 0 Å². The molecule has 1 aromatic carbocycles. The van der Waals surface area contributed by atoms with Crippen LogP contribution < -0.4 is 10.2 Å². The van der Waals surface area contributed by atoms with Gasteiger partial charge in [0.25, 0.3) is 5.69 Å². The van der Waals surface area contributed by atoms with Crippen molar-refractivity contribution in [2.24, 2.45) is 5.92 Å². The Balaban J connectivity index is 2.31. The molecule has 0 amide bonds. The Morgan fingerprint density at radius 3 is 2.81 bits per heavy atom.